The molecule has 0 spiro atoms. The zero-order valence-corrected chi connectivity index (χ0v) is 5.83. The smallest absolute Gasteiger partial charge is 0.0910 e. The van der Waals surface area contributed by atoms with Crippen LogP contribution in [-0.2, 0) is 0 Å². The molecule has 0 aliphatic carbocycles. The van der Waals surface area contributed by atoms with Gasteiger partial charge in [-0.1, -0.05) is 0 Å². The van der Waals surface area contributed by atoms with Crippen molar-refractivity contribution in [2.45, 2.75) is 0 Å². The Kier molecular flexibility index (Phi) is 1.53. The van der Waals surface area contributed by atoms with Crippen molar-refractivity contribution < 1.29 is 0 Å². The average molecular weight is 126 g/mol. The van der Waals surface area contributed by atoms with Crippen molar-refractivity contribution in [2.75, 3.05) is 19.0 Å². The second-order valence-electron chi connectivity index (χ2n) is 1.79. The predicted molar refractivity (Wildman–Crippen MR) is 37.5 cm³/mol. The molecule has 1 heterocycles. The maximum absolute atomic E-state index is 3.01. The minimum absolute atomic E-state index is 1.25. The zero-order chi connectivity index (χ0) is 5.98. The number of hydrogen-bond acceptors (Lipinski definition) is 2. The molecule has 1 radical (unpaired) electrons. The van der Waals surface area contributed by atoms with Crippen LogP contribution in [0.25, 0.3) is 0 Å². The highest BCUT2D eigenvalue weighted by atomic mass is 32.1. The van der Waals surface area contributed by atoms with Gasteiger partial charge in [-0.3, -0.25) is 0 Å². The number of thiophene rings is 1. The Morgan fingerprint density at radius 2 is 2.38 bits per heavy atom. The topological polar surface area (TPSA) is 3.24 Å². The Morgan fingerprint density at radius 3 is 2.62 bits per heavy atom. The summed E-state index contributed by atoms with van der Waals surface area (Å²) in [5, 5.41) is 4.27. The number of hydrogen-bond donors (Lipinski definition) is 0. The summed E-state index contributed by atoms with van der Waals surface area (Å²) in [6.07, 6.45) is 0. The molecule has 0 saturated heterocycles. The highest BCUT2D eigenvalue weighted by Crippen LogP contribution is 2.16. The minimum atomic E-state index is 1.25. The quantitative estimate of drug-likeness (QED) is 0.552. The molecule has 0 saturated carbocycles. The fraction of sp³-hybridized carbons (Fsp3) is 0.333. The van der Waals surface area contributed by atoms with E-state index in [9.17, 15) is 0 Å². The van der Waals surface area contributed by atoms with E-state index in [1.807, 2.05) is 26.2 Å². The van der Waals surface area contributed by atoms with Crippen LogP contribution >= 0.6 is 11.3 Å². The van der Waals surface area contributed by atoms with Gasteiger partial charge in [-0.25, -0.2) is 0 Å². The lowest BCUT2D eigenvalue weighted by Gasteiger charge is -2.06. The van der Waals surface area contributed by atoms with Gasteiger partial charge in [-0.2, -0.15) is 0 Å². The fourth-order valence-corrected chi connectivity index (χ4v) is 1.05. The molecule has 2 heteroatoms. The SMILES string of the molecule is CN(C)c1cc[c]s1. The van der Waals surface area contributed by atoms with Crippen LogP contribution in [0.3, 0.4) is 0 Å². The van der Waals surface area contributed by atoms with Crippen molar-refractivity contribution in [3.8, 4) is 0 Å². The van der Waals surface area contributed by atoms with E-state index in [4.69, 9.17) is 0 Å². The van der Waals surface area contributed by atoms with Gasteiger partial charge < -0.3 is 4.90 Å². The lowest BCUT2D eigenvalue weighted by atomic mass is 10.6. The van der Waals surface area contributed by atoms with Gasteiger partial charge in [0.05, 0.1) is 5.00 Å². The maximum atomic E-state index is 3.01. The Balaban J connectivity index is 2.77. The molecule has 43 valence electrons. The summed E-state index contributed by atoms with van der Waals surface area (Å²) in [6, 6.07) is 3.98. The fourth-order valence-electron chi connectivity index (χ4n) is 0.474. The Labute approximate surface area is 53.6 Å². The number of nitrogens with zero attached hydrogens (tertiary/aromatic N) is 1. The molecule has 0 unspecified atom stereocenters. The highest BCUT2D eigenvalue weighted by Gasteiger charge is 1.90. The second kappa shape index (κ2) is 2.18. The molecule has 0 amide bonds. The molecule has 8 heavy (non-hydrogen) atoms. The summed E-state index contributed by atoms with van der Waals surface area (Å²) in [5.74, 6) is 0. The molecule has 1 aromatic rings. The first kappa shape index (κ1) is 5.63. The largest absolute Gasteiger partial charge is 0.370 e. The van der Waals surface area contributed by atoms with Crippen LogP contribution in [0.2, 0.25) is 0 Å². The van der Waals surface area contributed by atoms with Crippen molar-refractivity contribution in [3.05, 3.63) is 17.5 Å². The highest BCUT2D eigenvalue weighted by molar-refractivity contribution is 7.13. The van der Waals surface area contributed by atoms with Gasteiger partial charge in [0.15, 0.2) is 0 Å². The third kappa shape index (κ3) is 1.01. The van der Waals surface area contributed by atoms with E-state index in [2.05, 4.69) is 10.3 Å². The van der Waals surface area contributed by atoms with Gasteiger partial charge in [-0.15, -0.1) is 11.3 Å². The average Bonchev–Trinajstić information content (AvgIpc) is 2.12. The van der Waals surface area contributed by atoms with E-state index in [1.165, 1.54) is 5.00 Å². The van der Waals surface area contributed by atoms with Crippen LogP contribution in [0.15, 0.2) is 12.1 Å². The monoisotopic (exact) mass is 126 g/mol. The van der Waals surface area contributed by atoms with Crippen molar-refractivity contribution >= 4 is 16.3 Å². The molecular weight excluding hydrogens is 118 g/mol. The van der Waals surface area contributed by atoms with Crippen molar-refractivity contribution in [1.82, 2.24) is 0 Å². The summed E-state index contributed by atoms with van der Waals surface area (Å²) in [7, 11) is 4.05. The van der Waals surface area contributed by atoms with Crippen LogP contribution in [0.5, 0.6) is 0 Å². The molecule has 1 aromatic heterocycles. The first-order valence-electron chi connectivity index (χ1n) is 2.44. The summed E-state index contributed by atoms with van der Waals surface area (Å²) in [4.78, 5) is 2.07. The molecule has 0 aliphatic heterocycles. The lowest BCUT2D eigenvalue weighted by molar-refractivity contribution is 1.16. The Hall–Kier alpha value is -0.500. The number of anilines is 1. The van der Waals surface area contributed by atoms with Crippen LogP contribution in [0.1, 0.15) is 0 Å². The number of rotatable bonds is 1. The molecule has 0 N–H and O–H groups in total. The van der Waals surface area contributed by atoms with Crippen LogP contribution in [0.4, 0.5) is 5.00 Å². The third-order valence-corrected chi connectivity index (χ3v) is 1.86. The lowest BCUT2D eigenvalue weighted by Crippen LogP contribution is -2.05. The van der Waals surface area contributed by atoms with Crippen molar-refractivity contribution in [1.29, 1.82) is 0 Å². The van der Waals surface area contributed by atoms with E-state index in [1.54, 1.807) is 11.3 Å². The van der Waals surface area contributed by atoms with E-state index < -0.39 is 0 Å². The Morgan fingerprint density at radius 1 is 1.62 bits per heavy atom. The van der Waals surface area contributed by atoms with Gasteiger partial charge in [-0.05, 0) is 12.1 Å². The summed E-state index contributed by atoms with van der Waals surface area (Å²) in [5.41, 5.74) is 0. The standard InChI is InChI=1S/C6H8NS/c1-7(2)6-4-3-5-8-6/h3-4H,1-2H3. The van der Waals surface area contributed by atoms with E-state index in [0.717, 1.165) is 0 Å². The normalized spacial score (nSPS) is 9.25. The van der Waals surface area contributed by atoms with Gasteiger partial charge in [0, 0.05) is 19.5 Å². The van der Waals surface area contributed by atoms with E-state index >= 15 is 0 Å². The van der Waals surface area contributed by atoms with Crippen molar-refractivity contribution in [3.63, 3.8) is 0 Å². The molecule has 0 aromatic carbocycles. The van der Waals surface area contributed by atoms with Crippen LogP contribution in [0, 0.1) is 5.38 Å². The summed E-state index contributed by atoms with van der Waals surface area (Å²) < 4.78 is 0. The summed E-state index contributed by atoms with van der Waals surface area (Å²) in [6.45, 7) is 0. The zero-order valence-electron chi connectivity index (χ0n) is 5.01. The molecular formula is C6H8NS. The van der Waals surface area contributed by atoms with Crippen LogP contribution in [-0.4, -0.2) is 14.1 Å². The van der Waals surface area contributed by atoms with Gasteiger partial charge in [0.2, 0.25) is 0 Å². The van der Waals surface area contributed by atoms with Crippen molar-refractivity contribution in [2.24, 2.45) is 0 Å². The van der Waals surface area contributed by atoms with Gasteiger partial charge >= 0.3 is 0 Å². The van der Waals surface area contributed by atoms with Crippen LogP contribution < -0.4 is 4.90 Å². The molecule has 1 rings (SSSR count). The second-order valence-corrected chi connectivity index (χ2v) is 2.64. The molecule has 0 bridgehead atoms. The summed E-state index contributed by atoms with van der Waals surface area (Å²) >= 11 is 1.63. The first-order chi connectivity index (χ1) is 3.80. The van der Waals surface area contributed by atoms with Gasteiger partial charge in [0.25, 0.3) is 0 Å². The molecule has 1 nitrogen and oxygen atoms in total. The van der Waals surface area contributed by atoms with Gasteiger partial charge in [0.1, 0.15) is 0 Å². The van der Waals surface area contributed by atoms with E-state index in [-0.39, 0.29) is 0 Å². The molecule has 0 aliphatic rings. The predicted octanol–water partition coefficient (Wildman–Crippen LogP) is 1.61. The maximum Gasteiger partial charge on any atom is 0.0910 e. The molecule has 0 fully saturated rings. The van der Waals surface area contributed by atoms with E-state index in [0.29, 0.717) is 0 Å². The minimum Gasteiger partial charge on any atom is -0.370 e. The molecule has 0 atom stereocenters. The first-order valence-corrected chi connectivity index (χ1v) is 3.25. The Bertz CT molecular complexity index is 144. The third-order valence-electron chi connectivity index (χ3n) is 0.898.